The molecule has 0 bridgehead atoms. The Morgan fingerprint density at radius 1 is 1.50 bits per heavy atom. The van der Waals surface area contributed by atoms with Crippen molar-refractivity contribution in [1.29, 1.82) is 0 Å². The van der Waals surface area contributed by atoms with Crippen LogP contribution in [0.3, 0.4) is 0 Å². The van der Waals surface area contributed by atoms with Crippen molar-refractivity contribution in [3.8, 4) is 0 Å². The lowest BCUT2D eigenvalue weighted by Crippen LogP contribution is -2.45. The quantitative estimate of drug-likeness (QED) is 0.810. The predicted octanol–water partition coefficient (Wildman–Crippen LogP) is 3.34. The maximum atomic E-state index is 5.76. The summed E-state index contributed by atoms with van der Waals surface area (Å²) >= 11 is 5.76. The van der Waals surface area contributed by atoms with Crippen LogP contribution in [0.2, 0.25) is 5.02 Å². The molecule has 76 valence electrons. The van der Waals surface area contributed by atoms with Gasteiger partial charge in [-0.05, 0) is 30.4 Å². The molecule has 2 nitrogen and oxygen atoms in total. The second-order valence-electron chi connectivity index (χ2n) is 4.59. The summed E-state index contributed by atoms with van der Waals surface area (Å²) in [7, 11) is 0. The minimum atomic E-state index is 0.404. The van der Waals surface area contributed by atoms with Crippen molar-refractivity contribution in [1.82, 2.24) is 4.98 Å². The minimum absolute atomic E-state index is 0.404. The molecule has 1 aromatic rings. The molecule has 1 aliphatic rings. The van der Waals surface area contributed by atoms with E-state index in [-0.39, 0.29) is 0 Å². The number of nitrogens with one attached hydrogen (secondary N) is 1. The zero-order valence-electron chi connectivity index (χ0n) is 8.55. The van der Waals surface area contributed by atoms with Crippen molar-refractivity contribution in [3.05, 3.63) is 23.4 Å². The van der Waals surface area contributed by atoms with Gasteiger partial charge < -0.3 is 5.32 Å². The van der Waals surface area contributed by atoms with Gasteiger partial charge in [-0.1, -0.05) is 25.4 Å². The average Bonchev–Trinajstić information content (AvgIpc) is 2.15. The summed E-state index contributed by atoms with van der Waals surface area (Å²) < 4.78 is 0. The zero-order valence-corrected chi connectivity index (χ0v) is 9.30. The molecule has 3 heteroatoms. The summed E-state index contributed by atoms with van der Waals surface area (Å²) in [5, 5.41) is 4.11. The fourth-order valence-electron chi connectivity index (χ4n) is 1.77. The Hall–Kier alpha value is -0.760. The van der Waals surface area contributed by atoms with E-state index in [0.717, 1.165) is 5.82 Å². The van der Waals surface area contributed by atoms with E-state index >= 15 is 0 Å². The summed E-state index contributed by atoms with van der Waals surface area (Å²) in [5.74, 6) is 0.923. The topological polar surface area (TPSA) is 24.9 Å². The molecule has 1 saturated carbocycles. The Bertz CT molecular complexity index is 319. The van der Waals surface area contributed by atoms with Crippen LogP contribution in [0.15, 0.2) is 18.3 Å². The van der Waals surface area contributed by atoms with Gasteiger partial charge in [-0.2, -0.15) is 0 Å². The highest BCUT2D eigenvalue weighted by Gasteiger charge is 2.38. The standard InChI is InChI=1S/C11H15ClN2/c1-11(2)6-5-9(11)14-10-4-3-8(12)7-13-10/h3-4,7,9H,5-6H2,1-2H3,(H,13,14). The SMILES string of the molecule is CC1(C)CCC1Nc1ccc(Cl)cn1. The number of pyridine rings is 1. The van der Waals surface area contributed by atoms with Crippen LogP contribution in [0, 0.1) is 5.41 Å². The van der Waals surface area contributed by atoms with Crippen LogP contribution < -0.4 is 5.32 Å². The highest BCUT2D eigenvalue weighted by molar-refractivity contribution is 6.30. The second kappa shape index (κ2) is 3.43. The molecule has 1 unspecified atom stereocenters. The van der Waals surface area contributed by atoms with E-state index in [9.17, 15) is 0 Å². The number of anilines is 1. The number of rotatable bonds is 2. The molecule has 1 N–H and O–H groups in total. The van der Waals surface area contributed by atoms with Crippen LogP contribution in [-0.4, -0.2) is 11.0 Å². The van der Waals surface area contributed by atoms with E-state index < -0.39 is 0 Å². The summed E-state index contributed by atoms with van der Waals surface area (Å²) in [6.45, 7) is 4.56. The number of nitrogens with zero attached hydrogens (tertiary/aromatic N) is 1. The third-order valence-corrected chi connectivity index (χ3v) is 3.29. The van der Waals surface area contributed by atoms with Gasteiger partial charge in [0.2, 0.25) is 0 Å². The van der Waals surface area contributed by atoms with Gasteiger partial charge in [-0.25, -0.2) is 4.98 Å². The summed E-state index contributed by atoms with van der Waals surface area (Å²) in [6.07, 6.45) is 4.20. The largest absolute Gasteiger partial charge is 0.367 e. The Morgan fingerprint density at radius 2 is 2.29 bits per heavy atom. The second-order valence-corrected chi connectivity index (χ2v) is 5.02. The first-order valence-corrected chi connectivity index (χ1v) is 5.34. The van der Waals surface area contributed by atoms with Crippen LogP contribution in [0.1, 0.15) is 26.7 Å². The molecular formula is C11H15ClN2. The zero-order chi connectivity index (χ0) is 10.2. The summed E-state index contributed by atoms with van der Waals surface area (Å²) in [4.78, 5) is 4.22. The van der Waals surface area contributed by atoms with E-state index in [1.165, 1.54) is 12.8 Å². The van der Waals surface area contributed by atoms with Crippen LogP contribution >= 0.6 is 11.6 Å². The number of aromatic nitrogens is 1. The molecule has 1 aliphatic carbocycles. The molecular weight excluding hydrogens is 196 g/mol. The first-order valence-electron chi connectivity index (χ1n) is 4.96. The highest BCUT2D eigenvalue weighted by atomic mass is 35.5. The molecule has 1 fully saturated rings. The fraction of sp³-hybridized carbons (Fsp3) is 0.545. The van der Waals surface area contributed by atoms with Gasteiger partial charge in [0, 0.05) is 12.2 Å². The lowest BCUT2D eigenvalue weighted by Gasteiger charge is -2.45. The van der Waals surface area contributed by atoms with Gasteiger partial charge in [0.05, 0.1) is 5.02 Å². The van der Waals surface area contributed by atoms with Crippen LogP contribution in [0.4, 0.5) is 5.82 Å². The van der Waals surface area contributed by atoms with Crippen molar-refractivity contribution >= 4 is 17.4 Å². The Labute approximate surface area is 89.7 Å². The van der Waals surface area contributed by atoms with Crippen molar-refractivity contribution in [2.75, 3.05) is 5.32 Å². The lowest BCUT2D eigenvalue weighted by molar-refractivity contribution is 0.159. The van der Waals surface area contributed by atoms with E-state index in [0.29, 0.717) is 16.5 Å². The molecule has 14 heavy (non-hydrogen) atoms. The minimum Gasteiger partial charge on any atom is -0.367 e. The van der Waals surface area contributed by atoms with Crippen molar-refractivity contribution < 1.29 is 0 Å². The van der Waals surface area contributed by atoms with Crippen LogP contribution in [-0.2, 0) is 0 Å². The molecule has 0 spiro atoms. The average molecular weight is 211 g/mol. The first kappa shape index (κ1) is 9.78. The van der Waals surface area contributed by atoms with E-state index in [2.05, 4.69) is 24.1 Å². The molecule has 0 radical (unpaired) electrons. The molecule has 2 rings (SSSR count). The smallest absolute Gasteiger partial charge is 0.126 e. The highest BCUT2D eigenvalue weighted by Crippen LogP contribution is 2.41. The van der Waals surface area contributed by atoms with Gasteiger partial charge in [-0.15, -0.1) is 0 Å². The lowest BCUT2D eigenvalue weighted by atomic mass is 9.67. The predicted molar refractivity (Wildman–Crippen MR) is 59.7 cm³/mol. The molecule has 0 amide bonds. The van der Waals surface area contributed by atoms with Crippen molar-refractivity contribution in [3.63, 3.8) is 0 Å². The number of hydrogen-bond acceptors (Lipinski definition) is 2. The molecule has 1 atom stereocenters. The first-order chi connectivity index (χ1) is 6.58. The monoisotopic (exact) mass is 210 g/mol. The normalized spacial score (nSPS) is 24.1. The van der Waals surface area contributed by atoms with Crippen LogP contribution in [0.5, 0.6) is 0 Å². The Balaban J connectivity index is 2.01. The molecule has 0 aliphatic heterocycles. The van der Waals surface area contributed by atoms with Gasteiger partial charge >= 0.3 is 0 Å². The third-order valence-electron chi connectivity index (χ3n) is 3.07. The molecule has 1 aromatic heterocycles. The Kier molecular flexibility index (Phi) is 2.40. The van der Waals surface area contributed by atoms with Gasteiger partial charge in [0.25, 0.3) is 0 Å². The van der Waals surface area contributed by atoms with Gasteiger partial charge in [-0.3, -0.25) is 0 Å². The summed E-state index contributed by atoms with van der Waals surface area (Å²) in [6, 6.07) is 4.34. The fourth-order valence-corrected chi connectivity index (χ4v) is 1.89. The van der Waals surface area contributed by atoms with Gasteiger partial charge in [0.1, 0.15) is 5.82 Å². The maximum absolute atomic E-state index is 5.76. The van der Waals surface area contributed by atoms with E-state index in [1.54, 1.807) is 6.20 Å². The number of hydrogen-bond donors (Lipinski definition) is 1. The Morgan fingerprint density at radius 3 is 2.71 bits per heavy atom. The van der Waals surface area contributed by atoms with Crippen LogP contribution in [0.25, 0.3) is 0 Å². The van der Waals surface area contributed by atoms with E-state index in [4.69, 9.17) is 11.6 Å². The maximum Gasteiger partial charge on any atom is 0.126 e. The molecule has 1 heterocycles. The van der Waals surface area contributed by atoms with Crippen molar-refractivity contribution in [2.45, 2.75) is 32.7 Å². The molecule has 0 aromatic carbocycles. The van der Waals surface area contributed by atoms with E-state index in [1.807, 2.05) is 12.1 Å². The van der Waals surface area contributed by atoms with Gasteiger partial charge in [0.15, 0.2) is 0 Å². The summed E-state index contributed by atoms with van der Waals surface area (Å²) in [5.41, 5.74) is 0.404. The number of halogens is 1. The third kappa shape index (κ3) is 1.85. The van der Waals surface area contributed by atoms with Crippen molar-refractivity contribution in [2.24, 2.45) is 5.41 Å². The molecule has 0 saturated heterocycles.